The van der Waals surface area contributed by atoms with E-state index in [4.69, 9.17) is 0 Å². The van der Waals surface area contributed by atoms with E-state index in [2.05, 4.69) is 37.0 Å². The molecule has 0 amide bonds. The van der Waals surface area contributed by atoms with Crippen molar-refractivity contribution in [2.75, 3.05) is 11.9 Å². The van der Waals surface area contributed by atoms with Crippen molar-refractivity contribution in [3.05, 3.63) is 16.8 Å². The molecule has 1 rings (SSSR count). The summed E-state index contributed by atoms with van der Waals surface area (Å²) in [4.78, 5) is 1.99. The minimum Gasteiger partial charge on any atom is -0.355 e. The number of aromatic nitrogens is 2. The molecule has 0 aliphatic rings. The number of nitriles is 1. The Hall–Kier alpha value is -1.63. The van der Waals surface area contributed by atoms with Gasteiger partial charge in [0.15, 0.2) is 5.82 Å². The van der Waals surface area contributed by atoms with Crippen molar-refractivity contribution in [2.45, 2.75) is 46.6 Å². The molecular weight excluding hydrogens is 212 g/mol. The molecule has 0 atom stereocenters. The fraction of sp³-hybridized carbons (Fsp3) is 0.615. The summed E-state index contributed by atoms with van der Waals surface area (Å²) < 4.78 is 0. The Morgan fingerprint density at radius 1 is 1.24 bits per heavy atom. The van der Waals surface area contributed by atoms with Crippen LogP contribution in [-0.4, -0.2) is 23.3 Å². The molecule has 0 aliphatic heterocycles. The van der Waals surface area contributed by atoms with Crippen LogP contribution in [0.4, 0.5) is 5.82 Å². The molecule has 0 aliphatic carbocycles. The van der Waals surface area contributed by atoms with Crippen molar-refractivity contribution in [3.8, 4) is 6.07 Å². The normalized spacial score (nSPS) is 10.4. The van der Waals surface area contributed by atoms with Crippen LogP contribution < -0.4 is 4.90 Å². The van der Waals surface area contributed by atoms with E-state index in [1.807, 2.05) is 18.9 Å². The molecule has 0 aromatic carbocycles. The zero-order chi connectivity index (χ0) is 13.0. The first-order valence-corrected chi connectivity index (χ1v) is 6.08. The fourth-order valence-corrected chi connectivity index (χ4v) is 1.77. The van der Waals surface area contributed by atoms with Gasteiger partial charge in [0.1, 0.15) is 11.6 Å². The van der Waals surface area contributed by atoms with Crippen LogP contribution in [0.15, 0.2) is 0 Å². The number of rotatable bonds is 4. The van der Waals surface area contributed by atoms with E-state index in [-0.39, 0.29) is 0 Å². The molecule has 1 heterocycles. The van der Waals surface area contributed by atoms with E-state index in [1.165, 1.54) is 0 Å². The predicted molar refractivity (Wildman–Crippen MR) is 69.0 cm³/mol. The molecule has 0 bridgehead atoms. The molecule has 1 aromatic rings. The summed E-state index contributed by atoms with van der Waals surface area (Å²) in [5.41, 5.74) is 2.65. The highest BCUT2D eigenvalue weighted by molar-refractivity contribution is 5.58. The second kappa shape index (κ2) is 5.62. The Morgan fingerprint density at radius 2 is 1.88 bits per heavy atom. The highest BCUT2D eigenvalue weighted by Gasteiger charge is 2.18. The SMILES string of the molecule is CCc1nnc(N(C)C(C)C)c(C#N)c1CC. The average Bonchev–Trinajstić information content (AvgIpc) is 2.35. The maximum Gasteiger partial charge on any atom is 0.169 e. The van der Waals surface area contributed by atoms with Gasteiger partial charge in [0, 0.05) is 13.1 Å². The van der Waals surface area contributed by atoms with Crippen molar-refractivity contribution in [2.24, 2.45) is 0 Å². The molecule has 0 radical (unpaired) electrons. The quantitative estimate of drug-likeness (QED) is 0.799. The topological polar surface area (TPSA) is 52.8 Å². The monoisotopic (exact) mass is 232 g/mol. The van der Waals surface area contributed by atoms with Gasteiger partial charge >= 0.3 is 0 Å². The smallest absolute Gasteiger partial charge is 0.169 e. The third-order valence-corrected chi connectivity index (χ3v) is 3.05. The molecule has 0 unspecified atom stereocenters. The molecule has 4 nitrogen and oxygen atoms in total. The lowest BCUT2D eigenvalue weighted by Gasteiger charge is -2.24. The first-order chi connectivity index (χ1) is 8.06. The van der Waals surface area contributed by atoms with E-state index < -0.39 is 0 Å². The van der Waals surface area contributed by atoms with Gasteiger partial charge in [-0.25, -0.2) is 0 Å². The van der Waals surface area contributed by atoms with Crippen molar-refractivity contribution in [3.63, 3.8) is 0 Å². The summed E-state index contributed by atoms with van der Waals surface area (Å²) in [6.45, 7) is 8.23. The molecule has 0 fully saturated rings. The van der Waals surface area contributed by atoms with E-state index >= 15 is 0 Å². The van der Waals surface area contributed by atoms with Gasteiger partial charge in [0.25, 0.3) is 0 Å². The molecule has 1 aromatic heterocycles. The van der Waals surface area contributed by atoms with Crippen LogP contribution in [0.5, 0.6) is 0 Å². The molecule has 0 saturated heterocycles. The standard InChI is InChI=1S/C13H20N4/c1-6-10-11(8-14)13(17(5)9(3)4)16-15-12(10)7-2/h9H,6-7H2,1-5H3. The minimum atomic E-state index is 0.300. The first-order valence-electron chi connectivity index (χ1n) is 6.08. The van der Waals surface area contributed by atoms with Gasteiger partial charge in [-0.05, 0) is 32.3 Å². The van der Waals surface area contributed by atoms with Crippen LogP contribution in [0.1, 0.15) is 44.5 Å². The summed E-state index contributed by atoms with van der Waals surface area (Å²) in [6.07, 6.45) is 1.64. The van der Waals surface area contributed by atoms with Crippen LogP contribution in [0, 0.1) is 11.3 Å². The van der Waals surface area contributed by atoms with Gasteiger partial charge in [-0.15, -0.1) is 5.10 Å². The van der Waals surface area contributed by atoms with Gasteiger partial charge in [-0.1, -0.05) is 13.8 Å². The van der Waals surface area contributed by atoms with Crippen LogP contribution in [0.25, 0.3) is 0 Å². The number of anilines is 1. The number of hydrogen-bond donors (Lipinski definition) is 0. The third-order valence-electron chi connectivity index (χ3n) is 3.05. The van der Waals surface area contributed by atoms with Gasteiger partial charge in [0.2, 0.25) is 0 Å². The van der Waals surface area contributed by atoms with Crippen molar-refractivity contribution < 1.29 is 0 Å². The van der Waals surface area contributed by atoms with Crippen LogP contribution >= 0.6 is 0 Å². The molecule has 0 spiro atoms. The summed E-state index contributed by atoms with van der Waals surface area (Å²) in [6, 6.07) is 2.58. The van der Waals surface area contributed by atoms with Crippen molar-refractivity contribution >= 4 is 5.82 Å². The zero-order valence-electron chi connectivity index (χ0n) is 11.3. The fourth-order valence-electron chi connectivity index (χ4n) is 1.77. The van der Waals surface area contributed by atoms with Crippen LogP contribution in [0.3, 0.4) is 0 Å². The molecule has 17 heavy (non-hydrogen) atoms. The van der Waals surface area contributed by atoms with E-state index in [0.29, 0.717) is 17.4 Å². The van der Waals surface area contributed by atoms with Gasteiger partial charge < -0.3 is 4.90 Å². The van der Waals surface area contributed by atoms with E-state index in [1.54, 1.807) is 0 Å². The predicted octanol–water partition coefficient (Wildman–Crippen LogP) is 2.32. The highest BCUT2D eigenvalue weighted by Crippen LogP contribution is 2.23. The minimum absolute atomic E-state index is 0.300. The summed E-state index contributed by atoms with van der Waals surface area (Å²) >= 11 is 0. The molecule has 92 valence electrons. The first kappa shape index (κ1) is 13.4. The van der Waals surface area contributed by atoms with Crippen molar-refractivity contribution in [1.29, 1.82) is 5.26 Å². The van der Waals surface area contributed by atoms with E-state index in [0.717, 1.165) is 24.1 Å². The lowest BCUT2D eigenvalue weighted by molar-refractivity contribution is 0.724. The molecule has 4 heteroatoms. The maximum atomic E-state index is 9.34. The third kappa shape index (κ3) is 2.55. The van der Waals surface area contributed by atoms with Crippen LogP contribution in [0.2, 0.25) is 0 Å². The lowest BCUT2D eigenvalue weighted by Crippen LogP contribution is -2.28. The largest absolute Gasteiger partial charge is 0.355 e. The van der Waals surface area contributed by atoms with Crippen LogP contribution in [-0.2, 0) is 12.8 Å². The Kier molecular flexibility index (Phi) is 4.45. The van der Waals surface area contributed by atoms with Crippen molar-refractivity contribution in [1.82, 2.24) is 10.2 Å². The molecule has 0 N–H and O–H groups in total. The Balaban J connectivity index is 3.39. The van der Waals surface area contributed by atoms with Gasteiger partial charge in [-0.3, -0.25) is 0 Å². The molecular formula is C13H20N4. The molecule has 0 saturated carbocycles. The maximum absolute atomic E-state index is 9.34. The van der Waals surface area contributed by atoms with E-state index in [9.17, 15) is 5.26 Å². The van der Waals surface area contributed by atoms with Gasteiger partial charge in [-0.2, -0.15) is 10.4 Å². The second-order valence-corrected chi connectivity index (χ2v) is 4.35. The zero-order valence-corrected chi connectivity index (χ0v) is 11.3. The Labute approximate surface area is 103 Å². The summed E-state index contributed by atoms with van der Waals surface area (Å²) in [7, 11) is 1.95. The lowest BCUT2D eigenvalue weighted by atomic mass is 10.0. The summed E-state index contributed by atoms with van der Waals surface area (Å²) in [5.74, 6) is 0.691. The highest BCUT2D eigenvalue weighted by atomic mass is 15.3. The van der Waals surface area contributed by atoms with Gasteiger partial charge in [0.05, 0.1) is 5.69 Å². The number of nitrogens with zero attached hydrogens (tertiary/aromatic N) is 4. The summed E-state index contributed by atoms with van der Waals surface area (Å²) in [5, 5.41) is 17.8. The Bertz CT molecular complexity index is 432. The number of hydrogen-bond acceptors (Lipinski definition) is 4. The second-order valence-electron chi connectivity index (χ2n) is 4.35. The Morgan fingerprint density at radius 3 is 2.29 bits per heavy atom. The average molecular weight is 232 g/mol. The number of aryl methyl sites for hydroxylation is 1.